The van der Waals surface area contributed by atoms with Gasteiger partial charge in [0.05, 0.1) is 11.5 Å². The van der Waals surface area contributed by atoms with Crippen LogP contribution in [0, 0.1) is 12.3 Å². The first-order valence-electron chi connectivity index (χ1n) is 7.28. The lowest BCUT2D eigenvalue weighted by molar-refractivity contribution is -0.117. The van der Waals surface area contributed by atoms with Crippen molar-refractivity contribution >= 4 is 28.8 Å². The number of piperidine rings is 1. The quantitative estimate of drug-likeness (QED) is 0.838. The monoisotopic (exact) mass is 305 g/mol. The summed E-state index contributed by atoms with van der Waals surface area (Å²) in [5.41, 5.74) is 7.73. The Kier molecular flexibility index (Phi) is 4.96. The van der Waals surface area contributed by atoms with Gasteiger partial charge in [0.15, 0.2) is 0 Å². The van der Waals surface area contributed by atoms with Gasteiger partial charge < -0.3 is 11.1 Å². The van der Waals surface area contributed by atoms with Crippen LogP contribution in [-0.2, 0) is 4.79 Å². The summed E-state index contributed by atoms with van der Waals surface area (Å²) in [6.07, 6.45) is 1.83. The first-order valence-corrected chi connectivity index (χ1v) is 7.69. The molecule has 1 aliphatic rings. The Morgan fingerprint density at radius 2 is 2.10 bits per heavy atom. The molecule has 0 spiro atoms. The van der Waals surface area contributed by atoms with Crippen LogP contribution >= 0.6 is 12.2 Å². The molecule has 1 saturated heterocycles. The first kappa shape index (κ1) is 15.9. The number of amides is 1. The summed E-state index contributed by atoms with van der Waals surface area (Å²) >= 11 is 5.13. The number of carbonyl (C=O) groups excluding carboxylic acids is 1. The molecule has 0 bridgehead atoms. The minimum atomic E-state index is -0.0567. The van der Waals surface area contributed by atoms with Crippen molar-refractivity contribution in [1.29, 1.82) is 0 Å². The fourth-order valence-corrected chi connectivity index (χ4v) is 2.78. The van der Waals surface area contributed by atoms with Crippen LogP contribution in [0.4, 0.5) is 5.69 Å². The molecule has 3 N–H and O–H groups in total. The Labute approximate surface area is 131 Å². The highest BCUT2D eigenvalue weighted by atomic mass is 32.1. The number of nitrogens with zero attached hydrogens (tertiary/aromatic N) is 1. The van der Waals surface area contributed by atoms with Crippen molar-refractivity contribution in [3.63, 3.8) is 0 Å². The van der Waals surface area contributed by atoms with E-state index in [4.69, 9.17) is 18.0 Å². The van der Waals surface area contributed by atoms with Gasteiger partial charge in [-0.25, -0.2) is 0 Å². The summed E-state index contributed by atoms with van der Waals surface area (Å²) in [7, 11) is 0. The van der Waals surface area contributed by atoms with E-state index in [9.17, 15) is 4.79 Å². The number of likely N-dealkylation sites (tertiary alicyclic amines) is 1. The molecule has 21 heavy (non-hydrogen) atoms. The molecule has 0 atom stereocenters. The number of nitrogens with one attached hydrogen (secondary N) is 1. The Balaban J connectivity index is 1.83. The van der Waals surface area contributed by atoms with Gasteiger partial charge in [-0.15, -0.1) is 0 Å². The number of rotatable bonds is 4. The molecule has 0 unspecified atom stereocenters. The predicted molar refractivity (Wildman–Crippen MR) is 90.4 cm³/mol. The number of aryl methyl sites for hydroxylation is 1. The zero-order valence-electron chi connectivity index (χ0n) is 12.7. The normalized spacial score (nSPS) is 18.2. The van der Waals surface area contributed by atoms with E-state index in [0.717, 1.165) is 37.2 Å². The van der Waals surface area contributed by atoms with Crippen LogP contribution in [0.15, 0.2) is 24.3 Å². The molecule has 114 valence electrons. The van der Waals surface area contributed by atoms with Crippen LogP contribution < -0.4 is 11.1 Å². The third kappa shape index (κ3) is 4.25. The van der Waals surface area contributed by atoms with Crippen molar-refractivity contribution in [1.82, 2.24) is 4.90 Å². The lowest BCUT2D eigenvalue weighted by Gasteiger charge is -2.38. The lowest BCUT2D eigenvalue weighted by Crippen LogP contribution is -2.46. The first-order chi connectivity index (χ1) is 9.89. The molecule has 1 heterocycles. The zero-order chi connectivity index (χ0) is 15.5. The summed E-state index contributed by atoms with van der Waals surface area (Å²) < 4.78 is 0. The highest BCUT2D eigenvalue weighted by molar-refractivity contribution is 7.80. The molecule has 1 aliphatic heterocycles. The fraction of sp³-hybridized carbons (Fsp3) is 0.500. The Morgan fingerprint density at radius 1 is 1.43 bits per heavy atom. The van der Waals surface area contributed by atoms with Gasteiger partial charge in [-0.05, 0) is 50.6 Å². The standard InChI is InChI=1S/C16H23N3OS/c1-12-4-3-5-13(10-12)18-14(20)11-19-8-6-16(2,7-9-19)15(17)21/h3-5,10H,6-9,11H2,1-2H3,(H2,17,21)(H,18,20). The maximum Gasteiger partial charge on any atom is 0.238 e. The van der Waals surface area contributed by atoms with Gasteiger partial charge in [0, 0.05) is 11.1 Å². The van der Waals surface area contributed by atoms with E-state index in [0.29, 0.717) is 11.5 Å². The molecule has 0 radical (unpaired) electrons. The topological polar surface area (TPSA) is 58.4 Å². The van der Waals surface area contributed by atoms with E-state index in [2.05, 4.69) is 17.1 Å². The molecule has 5 heteroatoms. The van der Waals surface area contributed by atoms with Gasteiger partial charge in [0.1, 0.15) is 0 Å². The summed E-state index contributed by atoms with van der Waals surface area (Å²) in [5, 5.41) is 2.94. The number of hydrogen-bond donors (Lipinski definition) is 2. The molecule has 1 fully saturated rings. The Morgan fingerprint density at radius 3 is 2.67 bits per heavy atom. The van der Waals surface area contributed by atoms with Crippen molar-refractivity contribution in [3.8, 4) is 0 Å². The molecular weight excluding hydrogens is 282 g/mol. The second-order valence-electron chi connectivity index (χ2n) is 6.12. The molecule has 1 aromatic carbocycles. The summed E-state index contributed by atoms with van der Waals surface area (Å²) in [5.74, 6) is 0.0273. The molecule has 0 aromatic heterocycles. The molecule has 0 aliphatic carbocycles. The average molecular weight is 305 g/mol. The Bertz CT molecular complexity index is 536. The fourth-order valence-electron chi connectivity index (χ4n) is 2.58. The summed E-state index contributed by atoms with van der Waals surface area (Å²) in [4.78, 5) is 14.8. The van der Waals surface area contributed by atoms with E-state index in [1.807, 2.05) is 31.2 Å². The maximum atomic E-state index is 12.1. The molecule has 2 rings (SSSR count). The van der Waals surface area contributed by atoms with Crippen LogP contribution in [0.1, 0.15) is 25.3 Å². The SMILES string of the molecule is Cc1cccc(NC(=O)CN2CCC(C)(C(N)=S)CC2)c1. The highest BCUT2D eigenvalue weighted by Crippen LogP contribution is 2.30. The number of hydrogen-bond acceptors (Lipinski definition) is 3. The van der Waals surface area contributed by atoms with E-state index in [-0.39, 0.29) is 11.3 Å². The zero-order valence-corrected chi connectivity index (χ0v) is 13.5. The number of thiocarbonyl (C=S) groups is 1. The smallest absolute Gasteiger partial charge is 0.238 e. The maximum absolute atomic E-state index is 12.1. The van der Waals surface area contributed by atoms with E-state index < -0.39 is 0 Å². The molecule has 1 aromatic rings. The highest BCUT2D eigenvalue weighted by Gasteiger charge is 2.32. The van der Waals surface area contributed by atoms with Crippen molar-refractivity contribution in [2.75, 3.05) is 25.0 Å². The van der Waals surface area contributed by atoms with Crippen molar-refractivity contribution < 1.29 is 4.79 Å². The third-order valence-electron chi connectivity index (χ3n) is 4.22. The average Bonchev–Trinajstić information content (AvgIpc) is 2.41. The van der Waals surface area contributed by atoms with Gasteiger partial charge in [-0.3, -0.25) is 9.69 Å². The van der Waals surface area contributed by atoms with Gasteiger partial charge in [0.25, 0.3) is 0 Å². The summed E-state index contributed by atoms with van der Waals surface area (Å²) in [6, 6.07) is 7.83. The van der Waals surface area contributed by atoms with E-state index in [1.54, 1.807) is 0 Å². The van der Waals surface area contributed by atoms with Crippen LogP contribution in [0.5, 0.6) is 0 Å². The number of carbonyl (C=O) groups is 1. The van der Waals surface area contributed by atoms with Crippen molar-refractivity contribution in [3.05, 3.63) is 29.8 Å². The van der Waals surface area contributed by atoms with Crippen LogP contribution in [0.2, 0.25) is 0 Å². The minimum absolute atomic E-state index is 0.0273. The minimum Gasteiger partial charge on any atom is -0.393 e. The molecule has 4 nitrogen and oxygen atoms in total. The number of anilines is 1. The van der Waals surface area contributed by atoms with E-state index >= 15 is 0 Å². The van der Waals surface area contributed by atoms with Gasteiger partial charge in [-0.1, -0.05) is 31.3 Å². The molecule has 1 amide bonds. The number of benzene rings is 1. The molecular formula is C16H23N3OS. The Hall–Kier alpha value is -1.46. The second kappa shape index (κ2) is 6.54. The largest absolute Gasteiger partial charge is 0.393 e. The van der Waals surface area contributed by atoms with Gasteiger partial charge in [-0.2, -0.15) is 0 Å². The van der Waals surface area contributed by atoms with Crippen LogP contribution in [0.25, 0.3) is 0 Å². The van der Waals surface area contributed by atoms with Gasteiger partial charge in [0.2, 0.25) is 5.91 Å². The van der Waals surface area contributed by atoms with E-state index in [1.165, 1.54) is 0 Å². The third-order valence-corrected chi connectivity index (χ3v) is 4.72. The molecule has 0 saturated carbocycles. The lowest BCUT2D eigenvalue weighted by atomic mass is 9.80. The second-order valence-corrected chi connectivity index (χ2v) is 6.56. The van der Waals surface area contributed by atoms with Crippen LogP contribution in [0.3, 0.4) is 0 Å². The predicted octanol–water partition coefficient (Wildman–Crippen LogP) is 2.32. The van der Waals surface area contributed by atoms with Crippen molar-refractivity contribution in [2.45, 2.75) is 26.7 Å². The van der Waals surface area contributed by atoms with Gasteiger partial charge >= 0.3 is 0 Å². The number of nitrogens with two attached hydrogens (primary N) is 1. The van der Waals surface area contributed by atoms with Crippen LogP contribution in [-0.4, -0.2) is 35.4 Å². The van der Waals surface area contributed by atoms with Crippen molar-refractivity contribution in [2.24, 2.45) is 11.1 Å². The summed E-state index contributed by atoms with van der Waals surface area (Å²) in [6.45, 7) is 6.25.